The van der Waals surface area contributed by atoms with Gasteiger partial charge in [-0.05, 0) is 37.1 Å². The summed E-state index contributed by atoms with van der Waals surface area (Å²) in [6, 6.07) is 6.60. The Hall–Kier alpha value is -1.91. The predicted molar refractivity (Wildman–Crippen MR) is 81.6 cm³/mol. The molecule has 7 heteroatoms. The van der Waals surface area contributed by atoms with Crippen molar-refractivity contribution in [2.45, 2.75) is 44.0 Å². The molecule has 0 fully saturated rings. The Morgan fingerprint density at radius 3 is 2.41 bits per heavy atom. The molecule has 0 bridgehead atoms. The molecular formula is C15H20N2O4S. The van der Waals surface area contributed by atoms with Gasteiger partial charge in [0.1, 0.15) is 6.04 Å². The van der Waals surface area contributed by atoms with Gasteiger partial charge in [-0.1, -0.05) is 20.3 Å². The Balaban J connectivity index is 2.85. The molecule has 1 rings (SSSR count). The second-order valence-corrected chi connectivity index (χ2v) is 6.47. The average molecular weight is 324 g/mol. The number of hydrogen-bond donors (Lipinski definition) is 1. The number of nitrogens with zero attached hydrogens (tertiary/aromatic N) is 1. The van der Waals surface area contributed by atoms with Crippen LogP contribution in [0.25, 0.3) is 0 Å². The molecular weight excluding hydrogens is 304 g/mol. The van der Waals surface area contributed by atoms with Crippen molar-refractivity contribution >= 4 is 16.0 Å². The number of rotatable bonds is 8. The number of benzene rings is 1. The van der Waals surface area contributed by atoms with E-state index in [0.717, 1.165) is 6.42 Å². The lowest BCUT2D eigenvalue weighted by Gasteiger charge is -2.11. The van der Waals surface area contributed by atoms with Gasteiger partial charge in [-0.15, -0.1) is 0 Å². The minimum atomic E-state index is -3.78. The molecule has 0 heterocycles. The van der Waals surface area contributed by atoms with Crippen LogP contribution in [-0.4, -0.2) is 27.0 Å². The Morgan fingerprint density at radius 1 is 1.27 bits per heavy atom. The average Bonchev–Trinajstić information content (AvgIpc) is 2.52. The number of carbonyl (C=O) groups is 1. The maximum absolute atomic E-state index is 12.2. The van der Waals surface area contributed by atoms with Crippen LogP contribution in [-0.2, 0) is 14.8 Å². The molecule has 1 aromatic carbocycles. The quantitative estimate of drug-likeness (QED) is 0.740. The minimum Gasteiger partial charge on any atom is -0.462 e. The standard InChI is InChI=1S/C15H20N2O4S/c1-3-5-13(11-16)17-22(19,20)14-8-6-12(7-9-14)15(18)21-10-4-2/h6-9,13,17H,3-5,10H2,1-2H3. The summed E-state index contributed by atoms with van der Waals surface area (Å²) >= 11 is 0. The normalized spacial score (nSPS) is 12.4. The number of carbonyl (C=O) groups excluding carboxylic acids is 1. The highest BCUT2D eigenvalue weighted by molar-refractivity contribution is 7.89. The van der Waals surface area contributed by atoms with Gasteiger partial charge in [0, 0.05) is 0 Å². The van der Waals surface area contributed by atoms with E-state index >= 15 is 0 Å². The van der Waals surface area contributed by atoms with Crippen LogP contribution >= 0.6 is 0 Å². The topological polar surface area (TPSA) is 96.3 Å². The van der Waals surface area contributed by atoms with Gasteiger partial charge in [0.15, 0.2) is 0 Å². The summed E-state index contributed by atoms with van der Waals surface area (Å²) in [6.45, 7) is 4.08. The van der Waals surface area contributed by atoms with Crippen molar-refractivity contribution in [2.75, 3.05) is 6.61 Å². The van der Waals surface area contributed by atoms with Gasteiger partial charge in [0.2, 0.25) is 10.0 Å². The van der Waals surface area contributed by atoms with Gasteiger partial charge >= 0.3 is 5.97 Å². The number of esters is 1. The van der Waals surface area contributed by atoms with Crippen molar-refractivity contribution < 1.29 is 17.9 Å². The first kappa shape index (κ1) is 18.1. The molecule has 22 heavy (non-hydrogen) atoms. The molecule has 0 radical (unpaired) electrons. The van der Waals surface area contributed by atoms with E-state index in [-0.39, 0.29) is 10.5 Å². The molecule has 6 nitrogen and oxygen atoms in total. The number of nitriles is 1. The van der Waals surface area contributed by atoms with Crippen LogP contribution in [0.5, 0.6) is 0 Å². The van der Waals surface area contributed by atoms with Crippen LogP contribution in [0.4, 0.5) is 0 Å². The Morgan fingerprint density at radius 2 is 1.91 bits per heavy atom. The highest BCUT2D eigenvalue weighted by atomic mass is 32.2. The summed E-state index contributed by atoms with van der Waals surface area (Å²) in [5.41, 5.74) is 0.290. The fourth-order valence-electron chi connectivity index (χ4n) is 1.74. The first-order valence-corrected chi connectivity index (χ1v) is 8.62. The Kier molecular flexibility index (Phi) is 7.02. The fourth-order valence-corrected chi connectivity index (χ4v) is 2.92. The minimum absolute atomic E-state index is 0.0101. The number of hydrogen-bond acceptors (Lipinski definition) is 5. The van der Waals surface area contributed by atoms with Crippen LogP contribution in [0.1, 0.15) is 43.5 Å². The summed E-state index contributed by atoms with van der Waals surface area (Å²) in [7, 11) is -3.78. The molecule has 1 atom stereocenters. The van der Waals surface area contributed by atoms with Crippen LogP contribution in [0, 0.1) is 11.3 Å². The molecule has 0 saturated carbocycles. The summed E-state index contributed by atoms with van der Waals surface area (Å²) < 4.78 is 31.6. The highest BCUT2D eigenvalue weighted by Gasteiger charge is 2.19. The first-order chi connectivity index (χ1) is 10.4. The van der Waals surface area contributed by atoms with Crippen molar-refractivity contribution in [1.82, 2.24) is 4.72 Å². The van der Waals surface area contributed by atoms with Crippen LogP contribution in [0.3, 0.4) is 0 Å². The summed E-state index contributed by atoms with van der Waals surface area (Å²) in [5, 5.41) is 8.93. The molecule has 0 aromatic heterocycles. The highest BCUT2D eigenvalue weighted by Crippen LogP contribution is 2.13. The fraction of sp³-hybridized carbons (Fsp3) is 0.467. The van der Waals surface area contributed by atoms with E-state index in [0.29, 0.717) is 19.4 Å². The Bertz CT molecular complexity index is 633. The number of nitrogens with one attached hydrogen (secondary N) is 1. The monoisotopic (exact) mass is 324 g/mol. The van der Waals surface area contributed by atoms with Crippen molar-refractivity contribution in [1.29, 1.82) is 5.26 Å². The first-order valence-electron chi connectivity index (χ1n) is 7.13. The third kappa shape index (κ3) is 5.13. The van der Waals surface area contributed by atoms with E-state index in [1.165, 1.54) is 24.3 Å². The second-order valence-electron chi connectivity index (χ2n) is 4.75. The van der Waals surface area contributed by atoms with Crippen molar-refractivity contribution in [3.05, 3.63) is 29.8 Å². The lowest BCUT2D eigenvalue weighted by molar-refractivity contribution is 0.0505. The maximum atomic E-state index is 12.2. The van der Waals surface area contributed by atoms with Crippen LogP contribution in [0.15, 0.2) is 29.2 Å². The lowest BCUT2D eigenvalue weighted by Crippen LogP contribution is -2.33. The molecule has 0 aliphatic heterocycles. The third-order valence-electron chi connectivity index (χ3n) is 2.87. The van der Waals surface area contributed by atoms with E-state index in [1.54, 1.807) is 0 Å². The van der Waals surface area contributed by atoms with Gasteiger partial charge < -0.3 is 4.74 Å². The van der Waals surface area contributed by atoms with E-state index in [9.17, 15) is 13.2 Å². The van der Waals surface area contributed by atoms with Gasteiger partial charge in [0.05, 0.1) is 23.1 Å². The zero-order valence-corrected chi connectivity index (χ0v) is 13.5. The van der Waals surface area contributed by atoms with Crippen molar-refractivity contribution in [3.8, 4) is 6.07 Å². The molecule has 0 amide bonds. The smallest absolute Gasteiger partial charge is 0.338 e. The summed E-state index contributed by atoms with van der Waals surface area (Å²) in [6.07, 6.45) is 1.86. The summed E-state index contributed by atoms with van der Waals surface area (Å²) in [5.74, 6) is -0.486. The molecule has 0 aliphatic carbocycles. The molecule has 1 N–H and O–H groups in total. The molecule has 0 aliphatic rings. The van der Waals surface area contributed by atoms with Gasteiger partial charge in [-0.3, -0.25) is 0 Å². The van der Waals surface area contributed by atoms with Crippen molar-refractivity contribution in [3.63, 3.8) is 0 Å². The SMILES string of the molecule is CCCOC(=O)c1ccc(S(=O)(=O)NC(C#N)CCC)cc1. The lowest BCUT2D eigenvalue weighted by atomic mass is 10.2. The molecule has 1 aromatic rings. The van der Waals surface area contributed by atoms with E-state index in [2.05, 4.69) is 4.72 Å². The summed E-state index contributed by atoms with van der Waals surface area (Å²) in [4.78, 5) is 11.7. The predicted octanol–water partition coefficient (Wildman–Crippen LogP) is 2.22. The molecule has 1 unspecified atom stereocenters. The second kappa shape index (κ2) is 8.51. The van der Waals surface area contributed by atoms with E-state index in [1.807, 2.05) is 19.9 Å². The number of ether oxygens (including phenoxy) is 1. The van der Waals surface area contributed by atoms with Gasteiger partial charge in [-0.2, -0.15) is 9.98 Å². The van der Waals surface area contributed by atoms with E-state index < -0.39 is 22.0 Å². The molecule has 0 spiro atoms. The zero-order chi connectivity index (χ0) is 16.6. The molecule has 0 saturated heterocycles. The molecule has 120 valence electrons. The maximum Gasteiger partial charge on any atom is 0.338 e. The zero-order valence-electron chi connectivity index (χ0n) is 12.7. The third-order valence-corrected chi connectivity index (χ3v) is 4.36. The van der Waals surface area contributed by atoms with Crippen LogP contribution < -0.4 is 4.72 Å². The Labute approximate surface area is 131 Å². The van der Waals surface area contributed by atoms with Gasteiger partial charge in [0.25, 0.3) is 0 Å². The van der Waals surface area contributed by atoms with Crippen LogP contribution in [0.2, 0.25) is 0 Å². The van der Waals surface area contributed by atoms with E-state index in [4.69, 9.17) is 10.00 Å². The number of sulfonamides is 1. The van der Waals surface area contributed by atoms with Crippen molar-refractivity contribution in [2.24, 2.45) is 0 Å². The largest absolute Gasteiger partial charge is 0.462 e. The van der Waals surface area contributed by atoms with Gasteiger partial charge in [-0.25, -0.2) is 13.2 Å².